The molecule has 0 bridgehead atoms. The summed E-state index contributed by atoms with van der Waals surface area (Å²) in [7, 11) is 0. The van der Waals surface area contributed by atoms with Crippen LogP contribution in [-0.2, 0) is 4.79 Å². The van der Waals surface area contributed by atoms with Crippen molar-refractivity contribution < 1.29 is 4.79 Å². The first kappa shape index (κ1) is 16.0. The lowest BCUT2D eigenvalue weighted by atomic mass is 10.1. The zero-order valence-electron chi connectivity index (χ0n) is 14.2. The Morgan fingerprint density at radius 1 is 1.24 bits per heavy atom. The van der Waals surface area contributed by atoms with E-state index < -0.39 is 0 Å². The topological polar surface area (TPSA) is 33.2 Å². The van der Waals surface area contributed by atoms with Crippen LogP contribution in [0.3, 0.4) is 0 Å². The highest BCUT2D eigenvalue weighted by Gasteiger charge is 2.31. The highest BCUT2D eigenvalue weighted by atomic mass is 32.1. The molecule has 1 saturated heterocycles. The largest absolute Gasteiger partial charge is 0.330 e. The number of benzene rings is 2. The maximum absolute atomic E-state index is 12.7. The molecule has 4 rings (SSSR count). The van der Waals surface area contributed by atoms with E-state index in [4.69, 9.17) is 4.98 Å². The second-order valence-electron chi connectivity index (χ2n) is 6.46. The first-order chi connectivity index (χ1) is 12.2. The van der Waals surface area contributed by atoms with Gasteiger partial charge in [-0.05, 0) is 43.5 Å². The second-order valence-corrected chi connectivity index (χ2v) is 7.52. The maximum Gasteiger partial charge on any atom is 0.247 e. The molecule has 0 saturated carbocycles. The Morgan fingerprint density at radius 2 is 2.12 bits per heavy atom. The standard InChI is InChI=1S/C21H20N2OS/c1-15-6-4-7-16(14-15)11-12-20(24)23-13-5-9-18(23)21-22-17-8-2-3-10-19(17)25-21/h2-4,6-8,10-12,14,18H,5,9,13H2,1H3/b12-11+. The molecule has 126 valence electrons. The molecule has 1 atom stereocenters. The van der Waals surface area contributed by atoms with Gasteiger partial charge in [0.25, 0.3) is 0 Å². The van der Waals surface area contributed by atoms with Crippen molar-refractivity contribution in [3.8, 4) is 0 Å². The molecule has 0 aliphatic carbocycles. The number of carbonyl (C=O) groups excluding carboxylic acids is 1. The Bertz CT molecular complexity index is 911. The zero-order chi connectivity index (χ0) is 17.2. The molecule has 1 unspecified atom stereocenters. The van der Waals surface area contributed by atoms with Crippen LogP contribution in [0.1, 0.15) is 35.0 Å². The molecule has 2 aromatic carbocycles. The van der Waals surface area contributed by atoms with E-state index in [1.165, 1.54) is 10.3 Å². The summed E-state index contributed by atoms with van der Waals surface area (Å²) >= 11 is 1.70. The highest BCUT2D eigenvalue weighted by molar-refractivity contribution is 7.18. The number of carbonyl (C=O) groups is 1. The molecule has 1 aromatic heterocycles. The van der Waals surface area contributed by atoms with Crippen molar-refractivity contribution in [2.24, 2.45) is 0 Å². The third-order valence-electron chi connectivity index (χ3n) is 4.59. The quantitative estimate of drug-likeness (QED) is 0.625. The third kappa shape index (κ3) is 3.35. The van der Waals surface area contributed by atoms with Crippen molar-refractivity contribution in [1.82, 2.24) is 9.88 Å². The third-order valence-corrected chi connectivity index (χ3v) is 5.73. The van der Waals surface area contributed by atoms with Gasteiger partial charge in [-0.15, -0.1) is 11.3 Å². The van der Waals surface area contributed by atoms with E-state index >= 15 is 0 Å². The van der Waals surface area contributed by atoms with E-state index in [0.717, 1.165) is 35.5 Å². The van der Waals surface area contributed by atoms with Crippen molar-refractivity contribution in [3.63, 3.8) is 0 Å². The summed E-state index contributed by atoms with van der Waals surface area (Å²) in [6.07, 6.45) is 5.62. The van der Waals surface area contributed by atoms with Gasteiger partial charge in [-0.2, -0.15) is 0 Å². The SMILES string of the molecule is Cc1cccc(/C=C/C(=O)N2CCCC2c2nc3ccccc3s2)c1. The summed E-state index contributed by atoms with van der Waals surface area (Å²) in [5, 5.41) is 1.05. The molecule has 1 aliphatic rings. The maximum atomic E-state index is 12.7. The van der Waals surface area contributed by atoms with Gasteiger partial charge in [-0.1, -0.05) is 42.0 Å². The van der Waals surface area contributed by atoms with Crippen LogP contribution in [0, 0.1) is 6.92 Å². The number of fused-ring (bicyclic) bond motifs is 1. The fraction of sp³-hybridized carbons (Fsp3) is 0.238. The van der Waals surface area contributed by atoms with Crippen molar-refractivity contribution in [2.75, 3.05) is 6.54 Å². The summed E-state index contributed by atoms with van der Waals surface area (Å²) in [4.78, 5) is 19.4. The number of rotatable bonds is 3. The fourth-order valence-corrected chi connectivity index (χ4v) is 4.47. The van der Waals surface area contributed by atoms with E-state index in [-0.39, 0.29) is 11.9 Å². The molecular weight excluding hydrogens is 328 g/mol. The fourth-order valence-electron chi connectivity index (χ4n) is 3.36. The van der Waals surface area contributed by atoms with Gasteiger partial charge in [-0.25, -0.2) is 4.98 Å². The average molecular weight is 348 g/mol. The highest BCUT2D eigenvalue weighted by Crippen LogP contribution is 2.36. The predicted molar refractivity (Wildman–Crippen MR) is 104 cm³/mol. The minimum absolute atomic E-state index is 0.0725. The Balaban J connectivity index is 1.55. The van der Waals surface area contributed by atoms with Crippen molar-refractivity contribution in [3.05, 3.63) is 70.7 Å². The number of aryl methyl sites for hydroxylation is 1. The lowest BCUT2D eigenvalue weighted by molar-refractivity contribution is -0.126. The van der Waals surface area contributed by atoms with Crippen molar-refractivity contribution in [1.29, 1.82) is 0 Å². The monoisotopic (exact) mass is 348 g/mol. The van der Waals surface area contributed by atoms with E-state index in [1.807, 2.05) is 41.3 Å². The number of likely N-dealkylation sites (tertiary alicyclic amines) is 1. The number of thiazole rings is 1. The average Bonchev–Trinajstić information content (AvgIpc) is 3.26. The van der Waals surface area contributed by atoms with Crippen LogP contribution in [0.25, 0.3) is 16.3 Å². The van der Waals surface area contributed by atoms with E-state index in [2.05, 4.69) is 25.1 Å². The molecule has 2 heterocycles. The molecule has 1 amide bonds. The minimum Gasteiger partial charge on any atom is -0.330 e. The Labute approximate surface area is 151 Å². The van der Waals surface area contributed by atoms with Gasteiger partial charge >= 0.3 is 0 Å². The lowest BCUT2D eigenvalue weighted by Crippen LogP contribution is -2.28. The molecule has 3 nitrogen and oxygen atoms in total. The first-order valence-corrected chi connectivity index (χ1v) is 9.43. The number of para-hydroxylation sites is 1. The summed E-state index contributed by atoms with van der Waals surface area (Å²) < 4.78 is 1.19. The first-order valence-electron chi connectivity index (χ1n) is 8.61. The van der Waals surface area contributed by atoms with Crippen LogP contribution in [0.5, 0.6) is 0 Å². The van der Waals surface area contributed by atoms with Gasteiger partial charge in [0, 0.05) is 12.6 Å². The molecule has 0 spiro atoms. The lowest BCUT2D eigenvalue weighted by Gasteiger charge is -2.21. The van der Waals surface area contributed by atoms with Gasteiger partial charge in [0.05, 0.1) is 16.3 Å². The summed E-state index contributed by atoms with van der Waals surface area (Å²) in [6, 6.07) is 16.4. The predicted octanol–water partition coefficient (Wildman–Crippen LogP) is 4.98. The van der Waals surface area contributed by atoms with E-state index in [0.29, 0.717) is 0 Å². The second kappa shape index (κ2) is 6.81. The Kier molecular flexibility index (Phi) is 4.36. The molecule has 4 heteroatoms. The molecule has 1 aliphatic heterocycles. The van der Waals surface area contributed by atoms with Crippen LogP contribution in [-0.4, -0.2) is 22.3 Å². The van der Waals surface area contributed by atoms with E-state index in [9.17, 15) is 4.79 Å². The molecule has 0 N–H and O–H groups in total. The van der Waals surface area contributed by atoms with Crippen molar-refractivity contribution >= 4 is 33.5 Å². The summed E-state index contributed by atoms with van der Waals surface area (Å²) in [5.74, 6) is 0.0725. The zero-order valence-corrected chi connectivity index (χ0v) is 15.0. The molecular formula is C21H20N2OS. The molecule has 0 radical (unpaired) electrons. The van der Waals surface area contributed by atoms with E-state index in [1.54, 1.807) is 17.4 Å². The Morgan fingerprint density at radius 3 is 2.96 bits per heavy atom. The van der Waals surface area contributed by atoms with Crippen LogP contribution in [0.15, 0.2) is 54.6 Å². The summed E-state index contributed by atoms with van der Waals surface area (Å²) in [6.45, 7) is 2.86. The Hall–Kier alpha value is -2.46. The van der Waals surface area contributed by atoms with Crippen LogP contribution >= 0.6 is 11.3 Å². The number of hydrogen-bond donors (Lipinski definition) is 0. The molecule has 3 aromatic rings. The van der Waals surface area contributed by atoms with Crippen LogP contribution in [0.4, 0.5) is 0 Å². The minimum atomic E-state index is 0.0725. The number of aromatic nitrogens is 1. The number of hydrogen-bond acceptors (Lipinski definition) is 3. The van der Waals surface area contributed by atoms with Crippen LogP contribution < -0.4 is 0 Å². The number of nitrogens with zero attached hydrogens (tertiary/aromatic N) is 2. The van der Waals surface area contributed by atoms with Gasteiger partial charge in [0.15, 0.2) is 0 Å². The van der Waals surface area contributed by atoms with Gasteiger partial charge < -0.3 is 4.90 Å². The van der Waals surface area contributed by atoms with Gasteiger partial charge in [0.2, 0.25) is 5.91 Å². The summed E-state index contributed by atoms with van der Waals surface area (Å²) in [5.41, 5.74) is 3.28. The van der Waals surface area contributed by atoms with Gasteiger partial charge in [-0.3, -0.25) is 4.79 Å². The molecule has 1 fully saturated rings. The smallest absolute Gasteiger partial charge is 0.247 e. The van der Waals surface area contributed by atoms with Gasteiger partial charge in [0.1, 0.15) is 5.01 Å². The number of amides is 1. The van der Waals surface area contributed by atoms with Crippen LogP contribution in [0.2, 0.25) is 0 Å². The molecule has 25 heavy (non-hydrogen) atoms. The van der Waals surface area contributed by atoms with Crippen molar-refractivity contribution in [2.45, 2.75) is 25.8 Å². The normalized spacial score (nSPS) is 17.6.